The number of likely N-dealkylation sites (tertiary alicyclic amines) is 1. The number of amides is 2. The Balaban J connectivity index is 1.90. The largest absolute Gasteiger partial charge is 0.507 e. The van der Waals surface area contributed by atoms with Crippen molar-refractivity contribution in [2.45, 2.75) is 12.0 Å². The van der Waals surface area contributed by atoms with Crippen LogP contribution in [0.1, 0.15) is 17.5 Å². The van der Waals surface area contributed by atoms with E-state index in [0.717, 1.165) is 0 Å². The zero-order chi connectivity index (χ0) is 25.3. The van der Waals surface area contributed by atoms with Crippen molar-refractivity contribution in [3.63, 3.8) is 0 Å². The Morgan fingerprint density at radius 3 is 2.46 bits per heavy atom. The van der Waals surface area contributed by atoms with Crippen LogP contribution in [0.5, 0.6) is 5.75 Å². The first-order valence-corrected chi connectivity index (χ1v) is 11.4. The van der Waals surface area contributed by atoms with E-state index in [9.17, 15) is 19.5 Å². The quantitative estimate of drug-likeness (QED) is 0.273. The molecule has 0 saturated carbocycles. The maximum absolute atomic E-state index is 13.9. The summed E-state index contributed by atoms with van der Waals surface area (Å²) in [5.41, 5.74) is -0.538. The Morgan fingerprint density at radius 2 is 1.80 bits per heavy atom. The molecular formula is C27H29N3O5. The van der Waals surface area contributed by atoms with Gasteiger partial charge in [0.1, 0.15) is 18.1 Å². The molecule has 2 heterocycles. The maximum atomic E-state index is 13.9. The van der Waals surface area contributed by atoms with Gasteiger partial charge in [0.2, 0.25) is 0 Å². The molecule has 2 aromatic carbocycles. The van der Waals surface area contributed by atoms with Crippen LogP contribution in [-0.2, 0) is 19.9 Å². The van der Waals surface area contributed by atoms with Crippen LogP contribution < -0.4 is 9.64 Å². The molecule has 8 heteroatoms. The van der Waals surface area contributed by atoms with E-state index in [4.69, 9.17) is 4.74 Å². The number of ketones is 1. The summed E-state index contributed by atoms with van der Waals surface area (Å²) in [5.74, 6) is -1.96. The standard InChI is InChI=1S/C27H29N3O5/c1-5-17-35-19-13-11-18(12-14-19)23(31)22-24(32)25(33)30(16-8-15-28(2)3)27(22)20-9-6-7-10-21(20)29(4)26(27)34/h5-7,9-14,31H,1,8,15-17H2,2-4H3/b23-22-. The normalized spacial score (nSPS) is 20.7. The number of benzene rings is 2. The number of Topliss-reactive ketones (excluding diaryl/α,β-unsaturated/α-hetero) is 1. The van der Waals surface area contributed by atoms with Crippen molar-refractivity contribution in [1.29, 1.82) is 0 Å². The van der Waals surface area contributed by atoms with Gasteiger partial charge in [-0.2, -0.15) is 0 Å². The first kappa shape index (κ1) is 24.2. The van der Waals surface area contributed by atoms with Gasteiger partial charge in [-0.25, -0.2) is 0 Å². The van der Waals surface area contributed by atoms with Crippen LogP contribution in [0.2, 0.25) is 0 Å². The number of aliphatic hydroxyl groups is 1. The summed E-state index contributed by atoms with van der Waals surface area (Å²) in [6, 6.07) is 13.5. The molecule has 0 aliphatic carbocycles. The fourth-order valence-electron chi connectivity index (χ4n) is 4.82. The summed E-state index contributed by atoms with van der Waals surface area (Å²) in [5, 5.41) is 11.4. The molecule has 1 spiro atoms. The number of hydrogen-bond donors (Lipinski definition) is 1. The number of aliphatic hydroxyl groups excluding tert-OH is 1. The predicted octanol–water partition coefficient (Wildman–Crippen LogP) is 2.76. The summed E-state index contributed by atoms with van der Waals surface area (Å²) < 4.78 is 5.50. The summed E-state index contributed by atoms with van der Waals surface area (Å²) in [7, 11) is 5.44. The highest BCUT2D eigenvalue weighted by Gasteiger charge is 2.66. The van der Waals surface area contributed by atoms with Crippen molar-refractivity contribution >= 4 is 29.0 Å². The number of anilines is 1. The monoisotopic (exact) mass is 475 g/mol. The number of rotatable bonds is 8. The molecule has 0 radical (unpaired) electrons. The highest BCUT2D eigenvalue weighted by atomic mass is 16.5. The van der Waals surface area contributed by atoms with Crippen molar-refractivity contribution in [3.05, 3.63) is 77.9 Å². The minimum atomic E-state index is -1.73. The zero-order valence-corrected chi connectivity index (χ0v) is 20.2. The SMILES string of the molecule is C=CCOc1ccc(/C(O)=C2\C(=O)C(=O)N(CCCN(C)C)C23C(=O)N(C)c2ccccc23)cc1. The lowest BCUT2D eigenvalue weighted by Gasteiger charge is -2.34. The van der Waals surface area contributed by atoms with E-state index in [1.165, 1.54) is 9.80 Å². The lowest BCUT2D eigenvalue weighted by Crippen LogP contribution is -2.51. The first-order valence-electron chi connectivity index (χ1n) is 11.4. The summed E-state index contributed by atoms with van der Waals surface area (Å²) >= 11 is 0. The number of ether oxygens (including phenoxy) is 1. The fraction of sp³-hybridized carbons (Fsp3) is 0.296. The second-order valence-corrected chi connectivity index (χ2v) is 8.88. The van der Waals surface area contributed by atoms with E-state index < -0.39 is 28.9 Å². The van der Waals surface area contributed by atoms with Gasteiger partial charge in [0.25, 0.3) is 17.6 Å². The Bertz CT molecular complexity index is 1220. The minimum absolute atomic E-state index is 0.182. The second kappa shape index (κ2) is 9.38. The number of carbonyl (C=O) groups is 3. The van der Waals surface area contributed by atoms with Gasteiger partial charge < -0.3 is 24.5 Å². The minimum Gasteiger partial charge on any atom is -0.507 e. The van der Waals surface area contributed by atoms with Crippen LogP contribution in [0, 0.1) is 0 Å². The number of likely N-dealkylation sites (N-methyl/N-ethyl adjacent to an activating group) is 1. The molecule has 1 N–H and O–H groups in total. The highest BCUT2D eigenvalue weighted by molar-refractivity contribution is 6.50. The number of nitrogens with zero attached hydrogens (tertiary/aromatic N) is 3. The molecule has 1 saturated heterocycles. The van der Waals surface area contributed by atoms with Crippen LogP contribution in [0.4, 0.5) is 5.69 Å². The zero-order valence-electron chi connectivity index (χ0n) is 20.2. The average Bonchev–Trinajstić information content (AvgIpc) is 3.21. The van der Waals surface area contributed by atoms with Gasteiger partial charge in [0, 0.05) is 30.4 Å². The predicted molar refractivity (Wildman–Crippen MR) is 133 cm³/mol. The van der Waals surface area contributed by atoms with Crippen LogP contribution >= 0.6 is 0 Å². The average molecular weight is 476 g/mol. The van der Waals surface area contributed by atoms with Crippen molar-refractivity contribution in [3.8, 4) is 5.75 Å². The van der Waals surface area contributed by atoms with Crippen LogP contribution in [0.15, 0.2) is 66.8 Å². The first-order chi connectivity index (χ1) is 16.7. The van der Waals surface area contributed by atoms with Gasteiger partial charge in [0.15, 0.2) is 5.54 Å². The Hall–Kier alpha value is -3.91. The summed E-state index contributed by atoms with van der Waals surface area (Å²) in [6.07, 6.45) is 2.17. The van der Waals surface area contributed by atoms with Gasteiger partial charge in [-0.1, -0.05) is 30.9 Å². The van der Waals surface area contributed by atoms with E-state index in [-0.39, 0.29) is 12.1 Å². The molecule has 1 atom stereocenters. The molecule has 2 aliphatic heterocycles. The second-order valence-electron chi connectivity index (χ2n) is 8.88. The van der Waals surface area contributed by atoms with Gasteiger partial charge in [-0.3, -0.25) is 14.4 Å². The topological polar surface area (TPSA) is 90.4 Å². The summed E-state index contributed by atoms with van der Waals surface area (Å²) in [4.78, 5) is 45.4. The lowest BCUT2D eigenvalue weighted by atomic mass is 9.82. The van der Waals surface area contributed by atoms with Gasteiger partial charge in [-0.15, -0.1) is 0 Å². The Labute approximate surface area is 204 Å². The maximum Gasteiger partial charge on any atom is 0.296 e. The molecule has 2 amide bonds. The highest BCUT2D eigenvalue weighted by Crippen LogP contribution is 2.53. The van der Waals surface area contributed by atoms with Crippen LogP contribution in [-0.4, -0.2) is 73.3 Å². The molecule has 182 valence electrons. The third kappa shape index (κ3) is 3.80. The third-order valence-electron chi connectivity index (χ3n) is 6.42. The molecular weight excluding hydrogens is 446 g/mol. The van der Waals surface area contributed by atoms with E-state index in [0.29, 0.717) is 42.1 Å². The molecule has 2 aromatic rings. The van der Waals surface area contributed by atoms with E-state index in [1.54, 1.807) is 61.7 Å². The van der Waals surface area contributed by atoms with Crippen molar-refractivity contribution in [2.24, 2.45) is 0 Å². The van der Waals surface area contributed by atoms with Gasteiger partial charge in [-0.05, 0) is 57.4 Å². The third-order valence-corrected chi connectivity index (χ3v) is 6.42. The van der Waals surface area contributed by atoms with E-state index >= 15 is 0 Å². The number of para-hydroxylation sites is 1. The number of fused-ring (bicyclic) bond motifs is 2. The number of hydrogen-bond acceptors (Lipinski definition) is 6. The van der Waals surface area contributed by atoms with Gasteiger partial charge >= 0.3 is 0 Å². The van der Waals surface area contributed by atoms with Crippen molar-refractivity contribution < 1.29 is 24.2 Å². The molecule has 1 unspecified atom stereocenters. The molecule has 1 fully saturated rings. The number of carbonyl (C=O) groups excluding carboxylic acids is 3. The van der Waals surface area contributed by atoms with Crippen LogP contribution in [0.25, 0.3) is 5.76 Å². The molecule has 0 aromatic heterocycles. The molecule has 0 bridgehead atoms. The Kier molecular flexibility index (Phi) is 6.49. The smallest absolute Gasteiger partial charge is 0.296 e. The fourth-order valence-corrected chi connectivity index (χ4v) is 4.82. The Morgan fingerprint density at radius 1 is 1.11 bits per heavy atom. The van der Waals surface area contributed by atoms with E-state index in [1.807, 2.05) is 19.0 Å². The van der Waals surface area contributed by atoms with Gasteiger partial charge in [0.05, 0.1) is 5.57 Å². The molecule has 2 aliphatic rings. The molecule has 8 nitrogen and oxygen atoms in total. The van der Waals surface area contributed by atoms with Crippen molar-refractivity contribution in [1.82, 2.24) is 9.80 Å². The van der Waals surface area contributed by atoms with E-state index in [2.05, 4.69) is 6.58 Å². The molecule has 35 heavy (non-hydrogen) atoms. The summed E-state index contributed by atoms with van der Waals surface area (Å²) in [6.45, 7) is 4.78. The molecule has 4 rings (SSSR count). The lowest BCUT2D eigenvalue weighted by molar-refractivity contribution is -0.143. The van der Waals surface area contributed by atoms with Crippen molar-refractivity contribution in [2.75, 3.05) is 45.7 Å². The van der Waals surface area contributed by atoms with Crippen LogP contribution in [0.3, 0.4) is 0 Å².